The lowest BCUT2D eigenvalue weighted by Gasteiger charge is -2.18. The number of rotatable bonds is 5. The van der Waals surface area contributed by atoms with Crippen molar-refractivity contribution in [3.05, 3.63) is 41.9 Å². The largest absolute Gasteiger partial charge is 0.350 e. The fourth-order valence-electron chi connectivity index (χ4n) is 3.25. The van der Waals surface area contributed by atoms with E-state index in [9.17, 15) is 13.2 Å². The standard InChI is InChI=1S/C16H16ClN7O3S/c17-13-7-18-6-11-2-1-3-14(16(11)13)28(26,27)24-5-4-12(8-24)20-15(25)9-23-10-19-21-22-23/h1-3,6-7,10,12H,4-5,8-9H2,(H,20,25)/t12-/m1/s1. The van der Waals surface area contributed by atoms with Crippen LogP contribution < -0.4 is 5.32 Å². The molecule has 3 aromatic rings. The Hall–Kier alpha value is -2.63. The molecule has 146 valence electrons. The zero-order chi connectivity index (χ0) is 19.7. The Morgan fingerprint density at radius 3 is 2.96 bits per heavy atom. The molecule has 0 spiro atoms. The van der Waals surface area contributed by atoms with Crippen LogP contribution >= 0.6 is 11.6 Å². The zero-order valence-corrected chi connectivity index (χ0v) is 16.1. The molecule has 1 N–H and O–H groups in total. The van der Waals surface area contributed by atoms with Gasteiger partial charge in [-0.05, 0) is 22.9 Å². The molecule has 1 amide bonds. The molecular weight excluding hydrogens is 406 g/mol. The summed E-state index contributed by atoms with van der Waals surface area (Å²) in [7, 11) is -3.77. The summed E-state index contributed by atoms with van der Waals surface area (Å²) >= 11 is 6.22. The molecule has 4 rings (SSSR count). The number of hydrogen-bond acceptors (Lipinski definition) is 7. The van der Waals surface area contributed by atoms with Gasteiger partial charge < -0.3 is 5.32 Å². The number of sulfonamides is 1. The van der Waals surface area contributed by atoms with Gasteiger partial charge >= 0.3 is 0 Å². The van der Waals surface area contributed by atoms with Gasteiger partial charge in [0.15, 0.2) is 0 Å². The van der Waals surface area contributed by atoms with E-state index in [-0.39, 0.29) is 35.0 Å². The number of halogens is 1. The van der Waals surface area contributed by atoms with E-state index in [1.807, 2.05) is 0 Å². The lowest BCUT2D eigenvalue weighted by molar-refractivity contribution is -0.122. The fraction of sp³-hybridized carbons (Fsp3) is 0.312. The van der Waals surface area contributed by atoms with Crippen molar-refractivity contribution in [3.63, 3.8) is 0 Å². The third-order valence-corrected chi connectivity index (χ3v) is 6.72. The summed E-state index contributed by atoms with van der Waals surface area (Å²) in [5.41, 5.74) is 0. The Morgan fingerprint density at radius 1 is 1.32 bits per heavy atom. The summed E-state index contributed by atoms with van der Waals surface area (Å²) in [6.07, 6.45) is 4.85. The van der Waals surface area contributed by atoms with Gasteiger partial charge in [-0.3, -0.25) is 9.78 Å². The summed E-state index contributed by atoms with van der Waals surface area (Å²) in [6, 6.07) is 4.67. The van der Waals surface area contributed by atoms with Gasteiger partial charge in [-0.15, -0.1) is 5.10 Å². The van der Waals surface area contributed by atoms with Gasteiger partial charge in [0.25, 0.3) is 0 Å². The molecule has 28 heavy (non-hydrogen) atoms. The van der Waals surface area contributed by atoms with Crippen LogP contribution in [-0.4, -0.2) is 63.0 Å². The highest BCUT2D eigenvalue weighted by Gasteiger charge is 2.34. The van der Waals surface area contributed by atoms with Crippen LogP contribution in [0.5, 0.6) is 0 Å². The molecule has 0 saturated carbocycles. The number of carbonyl (C=O) groups excluding carboxylic acids is 1. The highest BCUT2D eigenvalue weighted by Crippen LogP contribution is 2.32. The van der Waals surface area contributed by atoms with E-state index in [1.54, 1.807) is 18.3 Å². The van der Waals surface area contributed by atoms with Crippen LogP contribution in [0.2, 0.25) is 5.02 Å². The molecule has 12 heteroatoms. The molecule has 1 aromatic carbocycles. The van der Waals surface area contributed by atoms with Crippen LogP contribution in [0, 0.1) is 0 Å². The third kappa shape index (κ3) is 3.55. The maximum atomic E-state index is 13.2. The second kappa shape index (κ2) is 7.41. The number of amides is 1. The van der Waals surface area contributed by atoms with Crippen LogP contribution in [0.25, 0.3) is 10.8 Å². The van der Waals surface area contributed by atoms with Crippen LogP contribution in [0.4, 0.5) is 0 Å². The van der Waals surface area contributed by atoms with Gasteiger partial charge in [0, 0.05) is 42.3 Å². The SMILES string of the molecule is O=C(Cn1cnnn1)N[C@@H]1CCN(S(=O)(=O)c2cccc3cncc(Cl)c23)C1. The lowest BCUT2D eigenvalue weighted by Crippen LogP contribution is -2.40. The average molecular weight is 422 g/mol. The number of nitrogens with zero attached hydrogens (tertiary/aromatic N) is 6. The third-order valence-electron chi connectivity index (χ3n) is 4.53. The summed E-state index contributed by atoms with van der Waals surface area (Å²) in [6.45, 7) is 0.461. The van der Waals surface area contributed by atoms with Crippen LogP contribution in [-0.2, 0) is 21.4 Å². The molecule has 1 fully saturated rings. The first kappa shape index (κ1) is 18.7. The molecule has 1 aliphatic heterocycles. The summed E-state index contributed by atoms with van der Waals surface area (Å²) in [4.78, 5) is 16.2. The molecule has 0 aliphatic carbocycles. The van der Waals surface area contributed by atoms with Crippen molar-refractivity contribution in [3.8, 4) is 0 Å². The van der Waals surface area contributed by atoms with E-state index in [1.165, 1.54) is 27.6 Å². The Labute approximate surface area is 165 Å². The second-order valence-electron chi connectivity index (χ2n) is 6.40. The molecule has 0 unspecified atom stereocenters. The van der Waals surface area contributed by atoms with E-state index < -0.39 is 10.0 Å². The molecule has 1 saturated heterocycles. The monoisotopic (exact) mass is 421 g/mol. The summed E-state index contributed by atoms with van der Waals surface area (Å²) < 4.78 is 29.0. The van der Waals surface area contributed by atoms with Crippen molar-refractivity contribution >= 4 is 38.3 Å². The predicted molar refractivity (Wildman–Crippen MR) is 99.9 cm³/mol. The van der Waals surface area contributed by atoms with E-state index in [4.69, 9.17) is 11.6 Å². The number of hydrogen-bond donors (Lipinski definition) is 1. The molecule has 1 atom stereocenters. The smallest absolute Gasteiger partial charge is 0.243 e. The fourth-order valence-corrected chi connectivity index (χ4v) is 5.31. The van der Waals surface area contributed by atoms with Crippen molar-refractivity contribution in [2.24, 2.45) is 0 Å². The topological polar surface area (TPSA) is 123 Å². The molecule has 10 nitrogen and oxygen atoms in total. The average Bonchev–Trinajstić information content (AvgIpc) is 3.34. The normalized spacial score (nSPS) is 17.8. The van der Waals surface area contributed by atoms with Crippen molar-refractivity contribution in [1.29, 1.82) is 0 Å². The first-order chi connectivity index (χ1) is 13.4. The van der Waals surface area contributed by atoms with Crippen molar-refractivity contribution in [2.45, 2.75) is 23.9 Å². The minimum atomic E-state index is -3.77. The van der Waals surface area contributed by atoms with E-state index >= 15 is 0 Å². The number of nitrogens with one attached hydrogen (secondary N) is 1. The summed E-state index contributed by atoms with van der Waals surface area (Å²) in [5, 5.41) is 14.8. The maximum absolute atomic E-state index is 13.2. The predicted octanol–water partition coefficient (Wildman–Crippen LogP) is 0.454. The number of carbonyl (C=O) groups is 1. The first-order valence-electron chi connectivity index (χ1n) is 8.47. The van der Waals surface area contributed by atoms with E-state index in [0.717, 1.165) is 0 Å². The van der Waals surface area contributed by atoms with Crippen LogP contribution in [0.3, 0.4) is 0 Å². The van der Waals surface area contributed by atoms with E-state index in [0.29, 0.717) is 23.7 Å². The van der Waals surface area contributed by atoms with Crippen molar-refractivity contribution < 1.29 is 13.2 Å². The van der Waals surface area contributed by atoms with Gasteiger partial charge in [0.05, 0.1) is 9.92 Å². The van der Waals surface area contributed by atoms with E-state index in [2.05, 4.69) is 25.8 Å². The van der Waals surface area contributed by atoms with Crippen LogP contribution in [0.1, 0.15) is 6.42 Å². The Morgan fingerprint density at radius 2 is 2.18 bits per heavy atom. The minimum Gasteiger partial charge on any atom is -0.350 e. The quantitative estimate of drug-likeness (QED) is 0.634. The molecule has 0 bridgehead atoms. The Kier molecular flexibility index (Phi) is 4.96. The van der Waals surface area contributed by atoms with Gasteiger partial charge in [-0.1, -0.05) is 23.7 Å². The van der Waals surface area contributed by atoms with Gasteiger partial charge in [-0.25, -0.2) is 13.1 Å². The van der Waals surface area contributed by atoms with Gasteiger partial charge in [-0.2, -0.15) is 4.31 Å². The highest BCUT2D eigenvalue weighted by molar-refractivity contribution is 7.89. The zero-order valence-electron chi connectivity index (χ0n) is 14.6. The minimum absolute atomic E-state index is 0.0256. The number of aromatic nitrogens is 5. The molecular formula is C16H16ClN7O3S. The lowest BCUT2D eigenvalue weighted by atomic mass is 10.2. The van der Waals surface area contributed by atoms with Crippen molar-refractivity contribution in [2.75, 3.05) is 13.1 Å². The van der Waals surface area contributed by atoms with Crippen LogP contribution in [0.15, 0.2) is 41.8 Å². The number of benzene rings is 1. The highest BCUT2D eigenvalue weighted by atomic mass is 35.5. The number of fused-ring (bicyclic) bond motifs is 1. The van der Waals surface area contributed by atoms with Crippen molar-refractivity contribution in [1.82, 2.24) is 34.8 Å². The molecule has 3 heterocycles. The number of pyridine rings is 1. The maximum Gasteiger partial charge on any atom is 0.243 e. The first-order valence-corrected chi connectivity index (χ1v) is 10.3. The molecule has 1 aliphatic rings. The van der Waals surface area contributed by atoms with Gasteiger partial charge in [0.2, 0.25) is 15.9 Å². The summed E-state index contributed by atoms with van der Waals surface area (Å²) in [5.74, 6) is -0.282. The molecule has 2 aromatic heterocycles. The number of tetrazole rings is 1. The second-order valence-corrected chi connectivity index (χ2v) is 8.71. The van der Waals surface area contributed by atoms with Gasteiger partial charge in [0.1, 0.15) is 12.9 Å². The molecule has 0 radical (unpaired) electrons. The Bertz CT molecular complexity index is 1120. The Balaban J connectivity index is 1.51.